The molecule has 6 nitrogen and oxygen atoms in total. The van der Waals surface area contributed by atoms with E-state index in [0.717, 1.165) is 22.6 Å². The minimum absolute atomic E-state index is 0.216. The predicted octanol–water partition coefficient (Wildman–Crippen LogP) is 4.68. The number of para-hydroxylation sites is 1. The lowest BCUT2D eigenvalue weighted by Crippen LogP contribution is -2.37. The summed E-state index contributed by atoms with van der Waals surface area (Å²) >= 11 is 0. The Kier molecular flexibility index (Phi) is 6.88. The molecule has 0 bridgehead atoms. The number of methoxy groups -OCH3 is 2. The van der Waals surface area contributed by atoms with Crippen LogP contribution in [0.4, 0.5) is 4.39 Å². The van der Waals surface area contributed by atoms with E-state index in [9.17, 15) is 9.18 Å². The number of benzene rings is 3. The molecule has 0 saturated heterocycles. The molecule has 1 unspecified atom stereocenters. The standard InChI is InChI=1S/C26H25FN2O4/c1-31-21-7-5-6-18(14-21)16-29(26(30)19-10-12-20(27)13-11-19)17-22-15-24(28-33-22)23-8-3-4-9-25(23)32-2/h3-14,22H,15-17H2,1-2H3. The number of amides is 1. The molecular weight excluding hydrogens is 423 g/mol. The van der Waals surface area contributed by atoms with Crippen molar-refractivity contribution in [1.29, 1.82) is 0 Å². The SMILES string of the molecule is COc1cccc(CN(CC2CC(c3ccccc3OC)=NO2)C(=O)c2ccc(F)cc2)c1. The average Bonchev–Trinajstić information content (AvgIpc) is 3.32. The van der Waals surface area contributed by atoms with Gasteiger partial charge in [0.05, 0.1) is 26.5 Å². The van der Waals surface area contributed by atoms with Gasteiger partial charge < -0.3 is 19.2 Å². The highest BCUT2D eigenvalue weighted by Gasteiger charge is 2.28. The van der Waals surface area contributed by atoms with Gasteiger partial charge in [0.15, 0.2) is 6.10 Å². The normalized spacial score (nSPS) is 14.9. The van der Waals surface area contributed by atoms with Crippen LogP contribution < -0.4 is 9.47 Å². The fraction of sp³-hybridized carbons (Fsp3) is 0.231. The summed E-state index contributed by atoms with van der Waals surface area (Å²) < 4.78 is 24.1. The third-order valence-corrected chi connectivity index (χ3v) is 5.46. The fourth-order valence-electron chi connectivity index (χ4n) is 3.80. The van der Waals surface area contributed by atoms with Crippen LogP contribution in [-0.4, -0.2) is 43.4 Å². The second-order valence-electron chi connectivity index (χ2n) is 7.71. The Labute approximate surface area is 192 Å². The van der Waals surface area contributed by atoms with Crippen molar-refractivity contribution in [1.82, 2.24) is 4.90 Å². The predicted molar refractivity (Wildman–Crippen MR) is 123 cm³/mol. The van der Waals surface area contributed by atoms with Gasteiger partial charge in [-0.1, -0.05) is 29.4 Å². The van der Waals surface area contributed by atoms with E-state index in [1.165, 1.54) is 24.3 Å². The van der Waals surface area contributed by atoms with E-state index in [1.807, 2.05) is 48.5 Å². The zero-order valence-corrected chi connectivity index (χ0v) is 18.5. The molecule has 0 aromatic heterocycles. The third-order valence-electron chi connectivity index (χ3n) is 5.46. The summed E-state index contributed by atoms with van der Waals surface area (Å²) in [5.41, 5.74) is 2.96. The molecular formula is C26H25FN2O4. The van der Waals surface area contributed by atoms with Crippen LogP contribution in [0.25, 0.3) is 0 Å². The van der Waals surface area contributed by atoms with Gasteiger partial charge in [-0.25, -0.2) is 4.39 Å². The molecule has 33 heavy (non-hydrogen) atoms. The number of rotatable bonds is 8. The maximum absolute atomic E-state index is 13.4. The molecule has 1 heterocycles. The zero-order chi connectivity index (χ0) is 23.2. The van der Waals surface area contributed by atoms with Crippen molar-refractivity contribution in [2.75, 3.05) is 20.8 Å². The van der Waals surface area contributed by atoms with E-state index in [-0.39, 0.29) is 17.8 Å². The largest absolute Gasteiger partial charge is 0.497 e. The van der Waals surface area contributed by atoms with Crippen LogP contribution >= 0.6 is 0 Å². The van der Waals surface area contributed by atoms with E-state index in [4.69, 9.17) is 14.3 Å². The van der Waals surface area contributed by atoms with Gasteiger partial charge in [0.25, 0.3) is 5.91 Å². The first kappa shape index (κ1) is 22.3. The summed E-state index contributed by atoms with van der Waals surface area (Å²) in [6, 6.07) is 20.7. The Hall–Kier alpha value is -3.87. The van der Waals surface area contributed by atoms with Crippen molar-refractivity contribution in [2.45, 2.75) is 19.1 Å². The Balaban J connectivity index is 1.53. The highest BCUT2D eigenvalue weighted by atomic mass is 19.1. The molecule has 0 saturated carbocycles. The second kappa shape index (κ2) is 10.2. The first-order chi connectivity index (χ1) is 16.1. The van der Waals surface area contributed by atoms with Crippen molar-refractivity contribution in [3.8, 4) is 11.5 Å². The van der Waals surface area contributed by atoms with Gasteiger partial charge >= 0.3 is 0 Å². The summed E-state index contributed by atoms with van der Waals surface area (Å²) in [6.45, 7) is 0.660. The van der Waals surface area contributed by atoms with E-state index < -0.39 is 0 Å². The van der Waals surface area contributed by atoms with Crippen LogP contribution in [0.15, 0.2) is 78.0 Å². The lowest BCUT2D eigenvalue weighted by atomic mass is 10.0. The summed E-state index contributed by atoms with van der Waals surface area (Å²) in [5, 5.41) is 4.26. The van der Waals surface area contributed by atoms with Crippen molar-refractivity contribution < 1.29 is 23.5 Å². The number of carbonyl (C=O) groups is 1. The summed E-state index contributed by atoms with van der Waals surface area (Å²) in [7, 11) is 3.22. The Morgan fingerprint density at radius 1 is 1.06 bits per heavy atom. The molecule has 0 radical (unpaired) electrons. The second-order valence-corrected chi connectivity index (χ2v) is 7.71. The number of ether oxygens (including phenoxy) is 2. The number of carbonyl (C=O) groups excluding carboxylic acids is 1. The molecule has 170 valence electrons. The van der Waals surface area contributed by atoms with Crippen molar-refractivity contribution >= 4 is 11.6 Å². The molecule has 0 spiro atoms. The molecule has 7 heteroatoms. The Morgan fingerprint density at radius 3 is 2.61 bits per heavy atom. The summed E-state index contributed by atoms with van der Waals surface area (Å²) in [6.07, 6.45) is 0.214. The van der Waals surface area contributed by atoms with Gasteiger partial charge in [-0.05, 0) is 54.1 Å². The molecule has 3 aromatic carbocycles. The molecule has 0 fully saturated rings. The first-order valence-electron chi connectivity index (χ1n) is 10.6. The number of hydrogen-bond donors (Lipinski definition) is 0. The van der Waals surface area contributed by atoms with Gasteiger partial charge in [-0.3, -0.25) is 4.79 Å². The number of oxime groups is 1. The van der Waals surface area contributed by atoms with Crippen LogP contribution in [0.5, 0.6) is 11.5 Å². The number of nitrogens with zero attached hydrogens (tertiary/aromatic N) is 2. The summed E-state index contributed by atoms with van der Waals surface area (Å²) in [5.74, 6) is 0.823. The topological polar surface area (TPSA) is 60.4 Å². The maximum atomic E-state index is 13.4. The Bertz CT molecular complexity index is 1150. The van der Waals surface area contributed by atoms with Crippen molar-refractivity contribution in [3.63, 3.8) is 0 Å². The van der Waals surface area contributed by atoms with Gasteiger partial charge in [0.2, 0.25) is 0 Å². The van der Waals surface area contributed by atoms with E-state index >= 15 is 0 Å². The molecule has 3 aromatic rings. The smallest absolute Gasteiger partial charge is 0.254 e. The number of halogens is 1. The van der Waals surface area contributed by atoms with Gasteiger partial charge in [0, 0.05) is 24.1 Å². The molecule has 0 N–H and O–H groups in total. The Morgan fingerprint density at radius 2 is 1.85 bits per heavy atom. The van der Waals surface area contributed by atoms with Gasteiger partial charge in [-0.15, -0.1) is 0 Å². The molecule has 1 amide bonds. The zero-order valence-electron chi connectivity index (χ0n) is 18.5. The van der Waals surface area contributed by atoms with Gasteiger partial charge in [-0.2, -0.15) is 0 Å². The monoisotopic (exact) mass is 448 g/mol. The first-order valence-corrected chi connectivity index (χ1v) is 10.6. The van der Waals surface area contributed by atoms with E-state index in [1.54, 1.807) is 19.1 Å². The minimum Gasteiger partial charge on any atom is -0.497 e. The van der Waals surface area contributed by atoms with Crippen LogP contribution in [0.1, 0.15) is 27.9 Å². The number of hydrogen-bond acceptors (Lipinski definition) is 5. The molecule has 1 atom stereocenters. The van der Waals surface area contributed by atoms with Crippen LogP contribution in [-0.2, 0) is 11.4 Å². The minimum atomic E-state index is -0.389. The maximum Gasteiger partial charge on any atom is 0.254 e. The highest BCUT2D eigenvalue weighted by Crippen LogP contribution is 2.26. The van der Waals surface area contributed by atoms with Crippen molar-refractivity contribution in [2.24, 2.45) is 5.16 Å². The van der Waals surface area contributed by atoms with Crippen molar-refractivity contribution in [3.05, 3.63) is 95.3 Å². The highest BCUT2D eigenvalue weighted by molar-refractivity contribution is 6.03. The molecule has 1 aliphatic heterocycles. The van der Waals surface area contributed by atoms with E-state index in [2.05, 4.69) is 5.16 Å². The average molecular weight is 448 g/mol. The third kappa shape index (κ3) is 5.31. The fourth-order valence-corrected chi connectivity index (χ4v) is 3.80. The molecule has 0 aliphatic carbocycles. The van der Waals surface area contributed by atoms with Crippen LogP contribution in [0, 0.1) is 5.82 Å². The van der Waals surface area contributed by atoms with Crippen LogP contribution in [0.2, 0.25) is 0 Å². The van der Waals surface area contributed by atoms with E-state index in [0.29, 0.717) is 30.8 Å². The molecule has 4 rings (SSSR count). The van der Waals surface area contributed by atoms with Gasteiger partial charge in [0.1, 0.15) is 17.3 Å². The lowest BCUT2D eigenvalue weighted by molar-refractivity contribution is 0.0405. The lowest BCUT2D eigenvalue weighted by Gasteiger charge is -2.25. The quantitative estimate of drug-likeness (QED) is 0.502. The molecule has 1 aliphatic rings. The van der Waals surface area contributed by atoms with Crippen LogP contribution in [0.3, 0.4) is 0 Å². The summed E-state index contributed by atoms with van der Waals surface area (Å²) in [4.78, 5) is 20.7.